The lowest BCUT2D eigenvalue weighted by molar-refractivity contribution is 0.102. The molecule has 0 saturated heterocycles. The molecule has 0 saturated carbocycles. The summed E-state index contributed by atoms with van der Waals surface area (Å²) in [7, 11) is -2.77. The van der Waals surface area contributed by atoms with Crippen molar-refractivity contribution in [3.05, 3.63) is 82.1 Å². The van der Waals surface area contributed by atoms with Gasteiger partial charge in [0.1, 0.15) is 11.6 Å². The van der Waals surface area contributed by atoms with Gasteiger partial charge in [-0.25, -0.2) is 12.8 Å². The molecule has 0 atom stereocenters. The average Bonchev–Trinajstić information content (AvgIpc) is 2.69. The number of anilines is 2. The van der Waals surface area contributed by atoms with Crippen molar-refractivity contribution < 1.29 is 22.3 Å². The molecule has 0 unspecified atom stereocenters. The maximum atomic E-state index is 13.8. The van der Waals surface area contributed by atoms with E-state index in [9.17, 15) is 17.6 Å². The van der Waals surface area contributed by atoms with E-state index >= 15 is 0 Å². The third-order valence-electron chi connectivity index (χ3n) is 4.02. The number of halogens is 3. The van der Waals surface area contributed by atoms with E-state index in [0.717, 1.165) is 6.07 Å². The summed E-state index contributed by atoms with van der Waals surface area (Å²) in [5, 5.41) is 3.06. The van der Waals surface area contributed by atoms with Crippen LogP contribution in [0.3, 0.4) is 0 Å². The van der Waals surface area contributed by atoms with Gasteiger partial charge in [-0.2, -0.15) is 0 Å². The summed E-state index contributed by atoms with van der Waals surface area (Å²) in [6, 6.07) is 13.5. The number of methoxy groups -OCH3 is 1. The zero-order chi connectivity index (χ0) is 21.9. The fraction of sp³-hybridized carbons (Fsp3) is 0.0500. The number of amides is 1. The number of ether oxygens (including phenoxy) is 1. The van der Waals surface area contributed by atoms with Crippen LogP contribution in [-0.4, -0.2) is 21.4 Å². The van der Waals surface area contributed by atoms with Gasteiger partial charge in [-0.05, 0) is 48.5 Å². The van der Waals surface area contributed by atoms with E-state index in [1.54, 1.807) is 0 Å². The molecule has 1 amide bonds. The van der Waals surface area contributed by atoms with Crippen molar-refractivity contribution in [3.63, 3.8) is 0 Å². The van der Waals surface area contributed by atoms with Crippen LogP contribution in [0.25, 0.3) is 0 Å². The molecule has 0 fully saturated rings. The first-order valence-corrected chi connectivity index (χ1v) is 10.7. The van der Waals surface area contributed by atoms with Crippen LogP contribution in [0.2, 0.25) is 10.0 Å². The minimum absolute atomic E-state index is 0.0879. The summed E-state index contributed by atoms with van der Waals surface area (Å²) in [6.07, 6.45) is 0. The Morgan fingerprint density at radius 3 is 2.40 bits per heavy atom. The Labute approximate surface area is 182 Å². The highest BCUT2D eigenvalue weighted by atomic mass is 35.5. The van der Waals surface area contributed by atoms with Crippen molar-refractivity contribution in [2.45, 2.75) is 4.90 Å². The van der Waals surface area contributed by atoms with Crippen LogP contribution >= 0.6 is 23.2 Å². The van der Waals surface area contributed by atoms with Crippen LogP contribution in [0.5, 0.6) is 5.75 Å². The van der Waals surface area contributed by atoms with Gasteiger partial charge in [-0.1, -0.05) is 35.3 Å². The zero-order valence-corrected chi connectivity index (χ0v) is 17.8. The number of carbonyl (C=O) groups is 1. The summed E-state index contributed by atoms with van der Waals surface area (Å²) >= 11 is 11.9. The first-order chi connectivity index (χ1) is 14.2. The van der Waals surface area contributed by atoms with Crippen molar-refractivity contribution in [3.8, 4) is 5.75 Å². The maximum Gasteiger partial charge on any atom is 0.262 e. The molecule has 6 nitrogen and oxygen atoms in total. The highest BCUT2D eigenvalue weighted by molar-refractivity contribution is 7.92. The molecule has 3 aromatic carbocycles. The Balaban J connectivity index is 1.93. The van der Waals surface area contributed by atoms with Gasteiger partial charge in [0.2, 0.25) is 0 Å². The van der Waals surface area contributed by atoms with E-state index < -0.39 is 21.7 Å². The molecule has 10 heteroatoms. The number of benzene rings is 3. The van der Waals surface area contributed by atoms with E-state index in [-0.39, 0.29) is 32.6 Å². The Morgan fingerprint density at radius 2 is 1.73 bits per heavy atom. The number of carbonyl (C=O) groups excluding carboxylic acids is 1. The van der Waals surface area contributed by atoms with E-state index in [1.807, 2.05) is 0 Å². The highest BCUT2D eigenvalue weighted by Gasteiger charge is 2.20. The lowest BCUT2D eigenvalue weighted by Crippen LogP contribution is -2.16. The van der Waals surface area contributed by atoms with E-state index in [4.69, 9.17) is 27.9 Å². The monoisotopic (exact) mass is 468 g/mol. The van der Waals surface area contributed by atoms with Crippen LogP contribution in [0.15, 0.2) is 65.6 Å². The first kappa shape index (κ1) is 21.9. The summed E-state index contributed by atoms with van der Waals surface area (Å²) in [5.74, 6) is -1.09. The minimum Gasteiger partial charge on any atom is -0.495 e. The third kappa shape index (κ3) is 4.84. The van der Waals surface area contributed by atoms with E-state index in [0.29, 0.717) is 5.02 Å². The third-order valence-corrected chi connectivity index (χ3v) is 5.93. The lowest BCUT2D eigenvalue weighted by Gasteiger charge is -2.14. The molecule has 0 heterocycles. The van der Waals surface area contributed by atoms with Crippen LogP contribution in [0, 0.1) is 5.82 Å². The second-order valence-corrected chi connectivity index (χ2v) is 8.55. The molecular weight excluding hydrogens is 454 g/mol. The molecule has 2 N–H and O–H groups in total. The van der Waals surface area contributed by atoms with Crippen LogP contribution in [0.1, 0.15) is 10.4 Å². The molecular formula is C20H15Cl2FN2O4S. The van der Waals surface area contributed by atoms with Crippen molar-refractivity contribution in [1.82, 2.24) is 0 Å². The number of sulfonamides is 1. The number of hydrogen-bond acceptors (Lipinski definition) is 4. The van der Waals surface area contributed by atoms with Gasteiger partial charge >= 0.3 is 0 Å². The first-order valence-electron chi connectivity index (χ1n) is 8.43. The van der Waals surface area contributed by atoms with Crippen LogP contribution < -0.4 is 14.8 Å². The molecule has 0 radical (unpaired) electrons. The SMILES string of the molecule is COc1ccc(S(=O)(=O)Nc2ccccc2F)cc1NC(=O)c1ccc(Cl)cc1Cl. The van der Waals surface area contributed by atoms with Gasteiger partial charge in [0.25, 0.3) is 15.9 Å². The maximum absolute atomic E-state index is 13.8. The minimum atomic E-state index is -4.14. The van der Waals surface area contributed by atoms with Crippen molar-refractivity contribution >= 4 is 50.5 Å². The Morgan fingerprint density at radius 1 is 1.00 bits per heavy atom. The molecule has 156 valence electrons. The second kappa shape index (κ2) is 8.91. The molecule has 0 spiro atoms. The second-order valence-electron chi connectivity index (χ2n) is 6.03. The molecule has 0 aliphatic carbocycles. The number of para-hydroxylation sites is 1. The smallest absolute Gasteiger partial charge is 0.262 e. The number of nitrogens with one attached hydrogen (secondary N) is 2. The standard InChI is InChI=1S/C20H15Cl2FN2O4S/c1-29-19-9-7-13(30(27,28)25-17-5-3-2-4-16(17)23)11-18(19)24-20(26)14-8-6-12(21)10-15(14)22/h2-11,25H,1H3,(H,24,26). The number of rotatable bonds is 6. The quantitative estimate of drug-likeness (QED) is 0.520. The fourth-order valence-corrected chi connectivity index (χ4v) is 4.15. The predicted octanol–water partition coefficient (Wildman–Crippen LogP) is 5.19. The van der Waals surface area contributed by atoms with Gasteiger partial charge < -0.3 is 10.1 Å². The Hall–Kier alpha value is -2.81. The van der Waals surface area contributed by atoms with Gasteiger partial charge in [-0.3, -0.25) is 9.52 Å². The van der Waals surface area contributed by atoms with Gasteiger partial charge in [0.15, 0.2) is 0 Å². The zero-order valence-electron chi connectivity index (χ0n) is 15.4. The lowest BCUT2D eigenvalue weighted by atomic mass is 10.2. The summed E-state index contributed by atoms with van der Waals surface area (Å²) in [5.41, 5.74) is 0.0256. The molecule has 0 aromatic heterocycles. The molecule has 0 aliphatic heterocycles. The van der Waals surface area contributed by atoms with Gasteiger partial charge in [0, 0.05) is 5.02 Å². The van der Waals surface area contributed by atoms with Crippen molar-refractivity contribution in [1.29, 1.82) is 0 Å². The normalized spacial score (nSPS) is 11.1. The van der Waals surface area contributed by atoms with Crippen molar-refractivity contribution in [2.24, 2.45) is 0 Å². The Bertz CT molecular complexity index is 1220. The van der Waals surface area contributed by atoms with Gasteiger partial charge in [0.05, 0.1) is 34.0 Å². The molecule has 3 rings (SSSR count). The average molecular weight is 469 g/mol. The highest BCUT2D eigenvalue weighted by Crippen LogP contribution is 2.30. The molecule has 0 bridgehead atoms. The molecule has 3 aromatic rings. The van der Waals surface area contributed by atoms with E-state index in [1.165, 1.54) is 61.7 Å². The van der Waals surface area contributed by atoms with Crippen LogP contribution in [-0.2, 0) is 10.0 Å². The number of hydrogen-bond donors (Lipinski definition) is 2. The summed E-state index contributed by atoms with van der Waals surface area (Å²) in [4.78, 5) is 12.4. The predicted molar refractivity (Wildman–Crippen MR) is 115 cm³/mol. The van der Waals surface area contributed by atoms with Gasteiger partial charge in [-0.15, -0.1) is 0 Å². The summed E-state index contributed by atoms with van der Waals surface area (Å²) < 4.78 is 46.6. The Kier molecular flexibility index (Phi) is 6.50. The largest absolute Gasteiger partial charge is 0.495 e. The van der Waals surface area contributed by atoms with E-state index in [2.05, 4.69) is 10.0 Å². The van der Waals surface area contributed by atoms with Crippen molar-refractivity contribution in [2.75, 3.05) is 17.1 Å². The van der Waals surface area contributed by atoms with Crippen LogP contribution in [0.4, 0.5) is 15.8 Å². The molecule has 30 heavy (non-hydrogen) atoms. The summed E-state index contributed by atoms with van der Waals surface area (Å²) in [6.45, 7) is 0. The molecule has 0 aliphatic rings. The topological polar surface area (TPSA) is 84.5 Å². The fourth-order valence-electron chi connectivity index (χ4n) is 2.56.